The number of nitrogens with one attached hydrogen (secondary N) is 2. The molecule has 0 unspecified atom stereocenters. The maximum atomic E-state index is 12.2. The van der Waals surface area contributed by atoms with Crippen LogP contribution in [0.25, 0.3) is 0 Å². The smallest absolute Gasteiger partial charge is 0.238 e. The minimum Gasteiger partial charge on any atom is -0.325 e. The van der Waals surface area contributed by atoms with E-state index in [1.165, 1.54) is 50.5 Å². The van der Waals surface area contributed by atoms with Crippen molar-refractivity contribution in [1.82, 2.24) is 10.2 Å². The van der Waals surface area contributed by atoms with E-state index in [1.807, 2.05) is 12.1 Å². The number of benzene rings is 1. The van der Waals surface area contributed by atoms with Gasteiger partial charge in [-0.1, -0.05) is 37.5 Å². The van der Waals surface area contributed by atoms with Crippen molar-refractivity contribution in [2.24, 2.45) is 5.92 Å². The largest absolute Gasteiger partial charge is 0.325 e. The second-order valence-corrected chi connectivity index (χ2v) is 7.49. The number of rotatable bonds is 8. The first-order chi connectivity index (χ1) is 11.7. The van der Waals surface area contributed by atoms with E-state index in [1.54, 1.807) is 0 Å². The molecule has 24 heavy (non-hydrogen) atoms. The number of carbonyl (C=O) groups is 1. The van der Waals surface area contributed by atoms with Crippen LogP contribution in [0.15, 0.2) is 24.3 Å². The van der Waals surface area contributed by atoms with Crippen LogP contribution in [0.1, 0.15) is 50.5 Å². The normalized spacial score (nSPS) is 18.8. The molecule has 2 saturated carbocycles. The average Bonchev–Trinajstić information content (AvgIpc) is 3.42. The summed E-state index contributed by atoms with van der Waals surface area (Å²) < 4.78 is 0. The van der Waals surface area contributed by atoms with E-state index >= 15 is 0 Å². The monoisotopic (exact) mass is 329 g/mol. The summed E-state index contributed by atoms with van der Waals surface area (Å²) in [6, 6.07) is 8.89. The van der Waals surface area contributed by atoms with Crippen molar-refractivity contribution in [1.29, 1.82) is 0 Å². The topological polar surface area (TPSA) is 44.4 Å². The van der Waals surface area contributed by atoms with E-state index in [0.717, 1.165) is 24.7 Å². The first kappa shape index (κ1) is 17.4. The summed E-state index contributed by atoms with van der Waals surface area (Å²) in [6.45, 7) is 2.28. The molecule has 0 heterocycles. The molecule has 2 fully saturated rings. The third kappa shape index (κ3) is 5.32. The zero-order valence-corrected chi connectivity index (χ0v) is 14.9. The highest BCUT2D eigenvalue weighted by Gasteiger charge is 2.21. The lowest BCUT2D eigenvalue weighted by atomic mass is 9.94. The van der Waals surface area contributed by atoms with Gasteiger partial charge in [0.15, 0.2) is 0 Å². The summed E-state index contributed by atoms with van der Waals surface area (Å²) in [5.41, 5.74) is 2.17. The quantitative estimate of drug-likeness (QED) is 0.768. The van der Waals surface area contributed by atoms with Crippen molar-refractivity contribution in [2.45, 2.75) is 57.5 Å². The van der Waals surface area contributed by atoms with Gasteiger partial charge in [0.05, 0.1) is 6.54 Å². The van der Waals surface area contributed by atoms with Gasteiger partial charge in [-0.15, -0.1) is 0 Å². The minimum absolute atomic E-state index is 0.0587. The molecule has 0 radical (unpaired) electrons. The first-order valence-electron chi connectivity index (χ1n) is 9.51. The Morgan fingerprint density at radius 2 is 1.88 bits per heavy atom. The predicted octanol–water partition coefficient (Wildman–Crippen LogP) is 3.39. The molecule has 0 spiro atoms. The minimum atomic E-state index is 0.0587. The second kappa shape index (κ2) is 8.63. The van der Waals surface area contributed by atoms with E-state index in [9.17, 15) is 4.79 Å². The van der Waals surface area contributed by atoms with Crippen LogP contribution in [0.3, 0.4) is 0 Å². The molecule has 0 bridgehead atoms. The number of nitrogens with zero attached hydrogens (tertiary/aromatic N) is 1. The molecule has 3 rings (SSSR count). The molecule has 2 aliphatic rings. The molecule has 0 atom stereocenters. The van der Waals surface area contributed by atoms with Crippen LogP contribution in [0.5, 0.6) is 0 Å². The Balaban J connectivity index is 1.52. The molecular formula is C20H31N3O. The summed E-state index contributed by atoms with van der Waals surface area (Å²) in [5.74, 6) is 0.859. The summed E-state index contributed by atoms with van der Waals surface area (Å²) in [4.78, 5) is 14.6. The summed E-state index contributed by atoms with van der Waals surface area (Å²) >= 11 is 0. The van der Waals surface area contributed by atoms with Crippen LogP contribution in [0.2, 0.25) is 0 Å². The van der Waals surface area contributed by atoms with Gasteiger partial charge in [0.1, 0.15) is 0 Å². The van der Waals surface area contributed by atoms with Gasteiger partial charge in [-0.3, -0.25) is 9.69 Å². The zero-order valence-electron chi connectivity index (χ0n) is 14.9. The maximum Gasteiger partial charge on any atom is 0.238 e. The molecule has 132 valence electrons. The highest BCUT2D eigenvalue weighted by molar-refractivity contribution is 5.92. The molecule has 0 aromatic heterocycles. The van der Waals surface area contributed by atoms with E-state index in [-0.39, 0.29) is 5.91 Å². The molecule has 1 aromatic rings. The Labute approximate surface area is 146 Å². The fourth-order valence-corrected chi connectivity index (χ4v) is 3.61. The van der Waals surface area contributed by atoms with Crippen molar-refractivity contribution >= 4 is 11.6 Å². The van der Waals surface area contributed by atoms with Gasteiger partial charge in [-0.05, 0) is 56.8 Å². The standard InChI is InChI=1S/C20H31N3O/c1-23(18-8-3-2-4-9-18)15-17-7-5-6-10-19(17)22-20(24)14-21-13-16-11-12-16/h5-7,10,16,18,21H,2-4,8-9,11-15H2,1H3,(H,22,24). The molecule has 0 saturated heterocycles. The third-order valence-electron chi connectivity index (χ3n) is 5.32. The number of amides is 1. The third-order valence-corrected chi connectivity index (χ3v) is 5.32. The van der Waals surface area contributed by atoms with Crippen LogP contribution >= 0.6 is 0 Å². The molecular weight excluding hydrogens is 298 g/mol. The Bertz CT molecular complexity index is 535. The highest BCUT2D eigenvalue weighted by atomic mass is 16.1. The van der Waals surface area contributed by atoms with Crippen LogP contribution < -0.4 is 10.6 Å². The molecule has 2 aliphatic carbocycles. The molecule has 2 N–H and O–H groups in total. The van der Waals surface area contributed by atoms with Crippen molar-refractivity contribution in [2.75, 3.05) is 25.5 Å². The van der Waals surface area contributed by atoms with E-state index in [2.05, 4.69) is 34.7 Å². The number of anilines is 1. The maximum absolute atomic E-state index is 12.2. The Hall–Kier alpha value is -1.39. The molecule has 1 aromatic carbocycles. The van der Waals surface area contributed by atoms with Gasteiger partial charge >= 0.3 is 0 Å². The lowest BCUT2D eigenvalue weighted by Crippen LogP contribution is -2.33. The lowest BCUT2D eigenvalue weighted by molar-refractivity contribution is -0.115. The van der Waals surface area contributed by atoms with Crippen LogP contribution in [0, 0.1) is 5.92 Å². The van der Waals surface area contributed by atoms with Gasteiger partial charge in [0.2, 0.25) is 5.91 Å². The Morgan fingerprint density at radius 3 is 2.62 bits per heavy atom. The van der Waals surface area contributed by atoms with Crippen molar-refractivity contribution in [3.8, 4) is 0 Å². The zero-order chi connectivity index (χ0) is 16.8. The Kier molecular flexibility index (Phi) is 6.27. The van der Waals surface area contributed by atoms with Gasteiger partial charge in [0, 0.05) is 18.3 Å². The van der Waals surface area contributed by atoms with Gasteiger partial charge < -0.3 is 10.6 Å². The fraction of sp³-hybridized carbons (Fsp3) is 0.650. The molecule has 4 nitrogen and oxygen atoms in total. The van der Waals surface area contributed by atoms with E-state index in [0.29, 0.717) is 12.6 Å². The fourth-order valence-electron chi connectivity index (χ4n) is 3.61. The summed E-state index contributed by atoms with van der Waals surface area (Å²) in [6.07, 6.45) is 9.30. The molecule has 1 amide bonds. The average molecular weight is 329 g/mol. The first-order valence-corrected chi connectivity index (χ1v) is 9.51. The van der Waals surface area contributed by atoms with E-state index < -0.39 is 0 Å². The molecule has 0 aliphatic heterocycles. The summed E-state index contributed by atoms with van der Waals surface area (Å²) in [7, 11) is 2.21. The van der Waals surface area contributed by atoms with Gasteiger partial charge in [-0.2, -0.15) is 0 Å². The Morgan fingerprint density at radius 1 is 1.12 bits per heavy atom. The second-order valence-electron chi connectivity index (χ2n) is 7.49. The van der Waals surface area contributed by atoms with Crippen molar-refractivity contribution < 1.29 is 4.79 Å². The number of carbonyl (C=O) groups excluding carboxylic acids is 1. The molecule has 4 heteroatoms. The lowest BCUT2D eigenvalue weighted by Gasteiger charge is -2.31. The van der Waals surface area contributed by atoms with Crippen LogP contribution in [-0.2, 0) is 11.3 Å². The van der Waals surface area contributed by atoms with Crippen LogP contribution in [0.4, 0.5) is 5.69 Å². The van der Waals surface area contributed by atoms with Crippen molar-refractivity contribution in [3.05, 3.63) is 29.8 Å². The predicted molar refractivity (Wildman–Crippen MR) is 99.0 cm³/mol. The van der Waals surface area contributed by atoms with Crippen molar-refractivity contribution in [3.63, 3.8) is 0 Å². The van der Waals surface area contributed by atoms with Gasteiger partial charge in [0.25, 0.3) is 0 Å². The number of hydrogen-bond donors (Lipinski definition) is 2. The van der Waals surface area contributed by atoms with Crippen LogP contribution in [-0.4, -0.2) is 37.0 Å². The number of para-hydroxylation sites is 1. The van der Waals surface area contributed by atoms with Gasteiger partial charge in [-0.25, -0.2) is 0 Å². The number of hydrogen-bond acceptors (Lipinski definition) is 3. The van der Waals surface area contributed by atoms with E-state index in [4.69, 9.17) is 0 Å². The highest BCUT2D eigenvalue weighted by Crippen LogP contribution is 2.27. The SMILES string of the molecule is CN(Cc1ccccc1NC(=O)CNCC1CC1)C1CCCCC1. The summed E-state index contributed by atoms with van der Waals surface area (Å²) in [5, 5.41) is 6.34.